The van der Waals surface area contributed by atoms with Crippen molar-refractivity contribution in [2.24, 2.45) is 10.8 Å². The van der Waals surface area contributed by atoms with Crippen LogP contribution >= 0.6 is 0 Å². The summed E-state index contributed by atoms with van der Waals surface area (Å²) in [6.45, 7) is 7.39. The molecule has 0 aliphatic heterocycles. The average Bonchev–Trinajstić information content (AvgIpc) is 2.37. The van der Waals surface area contributed by atoms with Crippen LogP contribution < -0.4 is 0 Å². The van der Waals surface area contributed by atoms with Crippen molar-refractivity contribution in [3.63, 3.8) is 0 Å². The molecule has 2 N–H and O–H groups in total. The van der Waals surface area contributed by atoms with Crippen molar-refractivity contribution >= 4 is 11.9 Å². The molecule has 0 aromatic heterocycles. The molecule has 0 unspecified atom stereocenters. The summed E-state index contributed by atoms with van der Waals surface area (Å²) in [6.07, 6.45) is 0.738. The molecule has 0 radical (unpaired) electrons. The summed E-state index contributed by atoms with van der Waals surface area (Å²) in [5, 5.41) is 19.5. The van der Waals surface area contributed by atoms with Gasteiger partial charge in [0.1, 0.15) is 0 Å². The number of hydrogen-bond acceptors (Lipinski definition) is 4. The zero-order valence-electron chi connectivity index (χ0n) is 12.6. The molecule has 1 aliphatic rings. The Bertz CT molecular complexity index is 569. The number of rotatable bonds is 3. The highest BCUT2D eigenvalue weighted by Crippen LogP contribution is 2.62. The zero-order valence-corrected chi connectivity index (χ0v) is 12.6. The molecule has 0 heterocycles. The maximum Gasteiger partial charge on any atom is 0.340 e. The summed E-state index contributed by atoms with van der Waals surface area (Å²) in [4.78, 5) is 23.0. The number of hydrogen-bond donors (Lipinski definition) is 2. The minimum absolute atomic E-state index is 0.0922. The number of aromatic carboxylic acids is 1. The minimum atomic E-state index is -1.54. The molecule has 0 amide bonds. The van der Waals surface area contributed by atoms with E-state index < -0.39 is 28.6 Å². The van der Waals surface area contributed by atoms with E-state index in [1.54, 1.807) is 0 Å². The van der Waals surface area contributed by atoms with E-state index in [1.807, 2.05) is 27.7 Å². The maximum absolute atomic E-state index is 12.2. The van der Waals surface area contributed by atoms with Gasteiger partial charge in [-0.25, -0.2) is 9.59 Å². The molecule has 21 heavy (non-hydrogen) atoms. The second-order valence-corrected chi connectivity index (χ2v) is 6.86. The van der Waals surface area contributed by atoms with Crippen molar-refractivity contribution in [3.8, 4) is 0 Å². The van der Waals surface area contributed by atoms with E-state index in [9.17, 15) is 14.7 Å². The second kappa shape index (κ2) is 4.56. The monoisotopic (exact) mass is 292 g/mol. The van der Waals surface area contributed by atoms with Crippen molar-refractivity contribution in [2.45, 2.75) is 39.9 Å². The molecule has 5 heteroatoms. The first-order valence-corrected chi connectivity index (χ1v) is 6.79. The van der Waals surface area contributed by atoms with Crippen LogP contribution in [0.15, 0.2) is 24.3 Å². The fourth-order valence-corrected chi connectivity index (χ4v) is 3.37. The summed E-state index contributed by atoms with van der Waals surface area (Å²) in [6, 6.07) is 5.43. The first kappa shape index (κ1) is 15.5. The van der Waals surface area contributed by atoms with E-state index in [0.717, 1.165) is 6.42 Å². The third-order valence-electron chi connectivity index (χ3n) is 4.33. The van der Waals surface area contributed by atoms with Gasteiger partial charge in [0.15, 0.2) is 0 Å². The third-order valence-corrected chi connectivity index (χ3v) is 4.33. The van der Waals surface area contributed by atoms with Crippen molar-refractivity contribution < 1.29 is 24.5 Å². The van der Waals surface area contributed by atoms with Gasteiger partial charge in [-0.1, -0.05) is 27.7 Å². The van der Waals surface area contributed by atoms with Gasteiger partial charge in [-0.2, -0.15) is 0 Å². The van der Waals surface area contributed by atoms with E-state index in [-0.39, 0.29) is 11.1 Å². The largest absolute Gasteiger partial charge is 0.478 e. The average molecular weight is 292 g/mol. The van der Waals surface area contributed by atoms with Crippen LogP contribution in [0, 0.1) is 10.8 Å². The highest BCUT2D eigenvalue weighted by molar-refractivity contribution is 5.92. The number of ether oxygens (including phenoxy) is 1. The molecule has 1 aromatic rings. The third kappa shape index (κ3) is 2.31. The van der Waals surface area contributed by atoms with E-state index >= 15 is 0 Å². The molecule has 114 valence electrons. The standard InChI is InChI=1S/C16H20O5/c1-14(2)9-15(3,4)16(14,20)21-13(19)11-7-5-10(6-8-11)12(17)18/h5-8,20H,9H2,1-4H3,(H,17,18). The van der Waals surface area contributed by atoms with Gasteiger partial charge >= 0.3 is 11.9 Å². The van der Waals surface area contributed by atoms with E-state index in [0.29, 0.717) is 0 Å². The lowest BCUT2D eigenvalue weighted by molar-refractivity contribution is -0.362. The van der Waals surface area contributed by atoms with Crippen molar-refractivity contribution in [1.29, 1.82) is 0 Å². The Labute approximate surface area is 123 Å². The molecule has 1 fully saturated rings. The Kier molecular flexibility index (Phi) is 3.37. The van der Waals surface area contributed by atoms with Gasteiger partial charge < -0.3 is 14.9 Å². The van der Waals surface area contributed by atoms with Crippen LogP contribution in [0.3, 0.4) is 0 Å². The fraction of sp³-hybridized carbons (Fsp3) is 0.500. The summed E-state index contributed by atoms with van der Waals surface area (Å²) in [5.41, 5.74) is -0.734. The van der Waals surface area contributed by atoms with E-state index in [1.165, 1.54) is 24.3 Å². The van der Waals surface area contributed by atoms with Crippen LogP contribution in [0.5, 0.6) is 0 Å². The number of carbonyl (C=O) groups excluding carboxylic acids is 1. The molecular weight excluding hydrogens is 272 g/mol. The van der Waals surface area contributed by atoms with Gasteiger partial charge in [0.05, 0.1) is 11.1 Å². The van der Waals surface area contributed by atoms with Crippen LogP contribution in [0.4, 0.5) is 0 Å². The molecule has 0 saturated heterocycles. The number of benzene rings is 1. The molecule has 1 saturated carbocycles. The van der Waals surface area contributed by atoms with Gasteiger partial charge in [-0.15, -0.1) is 0 Å². The van der Waals surface area contributed by atoms with Crippen molar-refractivity contribution in [1.82, 2.24) is 0 Å². The van der Waals surface area contributed by atoms with Crippen LogP contribution in [-0.4, -0.2) is 27.9 Å². The van der Waals surface area contributed by atoms with Crippen LogP contribution in [-0.2, 0) is 4.74 Å². The van der Waals surface area contributed by atoms with Crippen molar-refractivity contribution in [2.75, 3.05) is 0 Å². The summed E-state index contributed by atoms with van der Waals surface area (Å²) >= 11 is 0. The molecule has 5 nitrogen and oxygen atoms in total. The lowest BCUT2D eigenvalue weighted by Gasteiger charge is -2.62. The lowest BCUT2D eigenvalue weighted by atomic mass is 9.50. The predicted molar refractivity (Wildman–Crippen MR) is 75.9 cm³/mol. The number of esters is 1. The Hall–Kier alpha value is -1.88. The number of carboxylic acid groups (broad SMARTS) is 1. The van der Waals surface area contributed by atoms with Gasteiger partial charge in [0, 0.05) is 10.8 Å². The topological polar surface area (TPSA) is 83.8 Å². The summed E-state index contributed by atoms with van der Waals surface area (Å²) in [7, 11) is 0. The van der Waals surface area contributed by atoms with Crippen LogP contribution in [0.1, 0.15) is 54.8 Å². The first-order chi connectivity index (χ1) is 9.50. The molecule has 1 aromatic carbocycles. The SMILES string of the molecule is CC1(C)CC(C)(C)C1(O)OC(=O)c1ccc(C(=O)O)cc1. The lowest BCUT2D eigenvalue weighted by Crippen LogP contribution is -2.68. The number of aliphatic hydroxyl groups is 1. The molecule has 1 aliphatic carbocycles. The predicted octanol–water partition coefficient (Wildman–Crippen LogP) is 2.69. The molecular formula is C16H20O5. The van der Waals surface area contributed by atoms with Gasteiger partial charge in [-0.3, -0.25) is 0 Å². The van der Waals surface area contributed by atoms with Gasteiger partial charge in [-0.05, 0) is 30.7 Å². The Balaban J connectivity index is 2.20. The van der Waals surface area contributed by atoms with Crippen molar-refractivity contribution in [3.05, 3.63) is 35.4 Å². The zero-order chi connectivity index (χ0) is 16.1. The molecule has 0 spiro atoms. The number of carbonyl (C=O) groups is 2. The van der Waals surface area contributed by atoms with Crippen LogP contribution in [0.2, 0.25) is 0 Å². The Morgan fingerprint density at radius 1 is 1.00 bits per heavy atom. The summed E-state index contributed by atoms with van der Waals surface area (Å²) in [5.74, 6) is -3.26. The normalized spacial score (nSPS) is 21.2. The highest BCUT2D eigenvalue weighted by atomic mass is 16.7. The maximum atomic E-state index is 12.2. The minimum Gasteiger partial charge on any atom is -0.478 e. The first-order valence-electron chi connectivity index (χ1n) is 6.79. The molecule has 0 atom stereocenters. The van der Waals surface area contributed by atoms with Gasteiger partial charge in [0.2, 0.25) is 5.79 Å². The Morgan fingerprint density at radius 3 is 1.81 bits per heavy atom. The van der Waals surface area contributed by atoms with Gasteiger partial charge in [0.25, 0.3) is 0 Å². The molecule has 0 bridgehead atoms. The quantitative estimate of drug-likeness (QED) is 0.661. The van der Waals surface area contributed by atoms with E-state index in [4.69, 9.17) is 9.84 Å². The Morgan fingerprint density at radius 2 is 1.43 bits per heavy atom. The van der Waals surface area contributed by atoms with E-state index in [2.05, 4.69) is 0 Å². The second-order valence-electron chi connectivity index (χ2n) is 6.86. The smallest absolute Gasteiger partial charge is 0.340 e. The fourth-order valence-electron chi connectivity index (χ4n) is 3.37. The summed E-state index contributed by atoms with van der Waals surface area (Å²) < 4.78 is 5.36. The molecule has 2 rings (SSSR count). The van der Waals surface area contributed by atoms with Crippen LogP contribution in [0.25, 0.3) is 0 Å². The number of carboxylic acids is 1. The highest BCUT2D eigenvalue weighted by Gasteiger charge is 2.68.